The molecule has 0 spiro atoms. The van der Waals surface area contributed by atoms with Crippen molar-refractivity contribution in [1.82, 2.24) is 4.98 Å². The van der Waals surface area contributed by atoms with Crippen LogP contribution in [0.1, 0.15) is 40.9 Å². The lowest BCUT2D eigenvalue weighted by Gasteiger charge is -2.25. The molecule has 0 aliphatic carbocycles. The summed E-state index contributed by atoms with van der Waals surface area (Å²) in [5.41, 5.74) is 2.57. The van der Waals surface area contributed by atoms with Crippen LogP contribution in [0.15, 0.2) is 30.5 Å². The van der Waals surface area contributed by atoms with Crippen LogP contribution in [0.25, 0.3) is 0 Å². The second-order valence-corrected chi connectivity index (χ2v) is 5.88. The summed E-state index contributed by atoms with van der Waals surface area (Å²) in [5, 5.41) is 1.05. The minimum absolute atomic E-state index is 0.0110. The Labute approximate surface area is 132 Å². The highest BCUT2D eigenvalue weighted by atomic mass is 35.5. The molecular formula is C16H13Cl2NO2. The Balaban J connectivity index is 1.87. The number of carbonyl (C=O) groups excluding carboxylic acids is 1. The Morgan fingerprint density at radius 2 is 2.10 bits per heavy atom. The SMILES string of the molecule is CC(=O)c1cnc2c(c1)CCC(c1ccc(Cl)c(Cl)c1)O2. The van der Waals surface area contributed by atoms with E-state index in [1.807, 2.05) is 18.2 Å². The number of hydrogen-bond donors (Lipinski definition) is 0. The van der Waals surface area contributed by atoms with Crippen molar-refractivity contribution >= 4 is 29.0 Å². The van der Waals surface area contributed by atoms with Gasteiger partial charge in [-0.05, 0) is 43.5 Å². The molecule has 2 heterocycles. The average molecular weight is 322 g/mol. The molecule has 1 aromatic heterocycles. The van der Waals surface area contributed by atoms with Gasteiger partial charge in [-0.2, -0.15) is 0 Å². The van der Waals surface area contributed by atoms with Crippen LogP contribution < -0.4 is 4.74 Å². The molecule has 0 fully saturated rings. The van der Waals surface area contributed by atoms with Crippen molar-refractivity contribution in [3.8, 4) is 5.88 Å². The van der Waals surface area contributed by atoms with Gasteiger partial charge in [0.2, 0.25) is 5.88 Å². The summed E-state index contributed by atoms with van der Waals surface area (Å²) in [7, 11) is 0. The highest BCUT2D eigenvalue weighted by Gasteiger charge is 2.23. The molecule has 5 heteroatoms. The van der Waals surface area contributed by atoms with E-state index in [-0.39, 0.29) is 11.9 Å². The maximum atomic E-state index is 11.4. The quantitative estimate of drug-likeness (QED) is 0.755. The molecule has 0 bridgehead atoms. The maximum absolute atomic E-state index is 11.4. The molecule has 0 saturated heterocycles. The van der Waals surface area contributed by atoms with E-state index >= 15 is 0 Å². The topological polar surface area (TPSA) is 39.2 Å². The van der Waals surface area contributed by atoms with Crippen LogP contribution in [0.3, 0.4) is 0 Å². The third kappa shape index (κ3) is 2.89. The van der Waals surface area contributed by atoms with Crippen molar-refractivity contribution in [3.05, 3.63) is 57.2 Å². The molecule has 3 rings (SSSR count). The Morgan fingerprint density at radius 1 is 1.29 bits per heavy atom. The highest BCUT2D eigenvalue weighted by molar-refractivity contribution is 6.42. The first-order valence-electron chi connectivity index (χ1n) is 6.66. The fraction of sp³-hybridized carbons (Fsp3) is 0.250. The largest absolute Gasteiger partial charge is 0.469 e. The van der Waals surface area contributed by atoms with Crippen LogP contribution in [0.4, 0.5) is 0 Å². The number of aryl methyl sites for hydroxylation is 1. The normalized spacial score (nSPS) is 17.0. The van der Waals surface area contributed by atoms with Gasteiger partial charge in [-0.15, -0.1) is 0 Å². The first kappa shape index (κ1) is 14.4. The van der Waals surface area contributed by atoms with Crippen LogP contribution in [0, 0.1) is 0 Å². The van der Waals surface area contributed by atoms with Gasteiger partial charge in [-0.3, -0.25) is 4.79 Å². The van der Waals surface area contributed by atoms with Crippen molar-refractivity contribution in [2.75, 3.05) is 0 Å². The summed E-state index contributed by atoms with van der Waals surface area (Å²) in [6, 6.07) is 7.36. The van der Waals surface area contributed by atoms with Gasteiger partial charge in [-0.25, -0.2) is 4.98 Å². The monoisotopic (exact) mass is 321 g/mol. The lowest BCUT2D eigenvalue weighted by Crippen LogP contribution is -2.16. The third-order valence-corrected chi connectivity index (χ3v) is 4.32. The van der Waals surface area contributed by atoms with Gasteiger partial charge >= 0.3 is 0 Å². The number of rotatable bonds is 2. The molecule has 1 aromatic carbocycles. The Kier molecular flexibility index (Phi) is 3.87. The fourth-order valence-corrected chi connectivity index (χ4v) is 2.71. The number of carbonyl (C=O) groups is 1. The summed E-state index contributed by atoms with van der Waals surface area (Å²) in [6.07, 6.45) is 3.09. The van der Waals surface area contributed by atoms with Gasteiger partial charge in [0.25, 0.3) is 0 Å². The number of aromatic nitrogens is 1. The molecule has 0 amide bonds. The molecule has 1 atom stereocenters. The van der Waals surface area contributed by atoms with Crippen LogP contribution >= 0.6 is 23.2 Å². The first-order valence-corrected chi connectivity index (χ1v) is 7.41. The van der Waals surface area contributed by atoms with Gasteiger partial charge in [-0.1, -0.05) is 29.3 Å². The van der Waals surface area contributed by atoms with Gasteiger partial charge < -0.3 is 4.74 Å². The third-order valence-electron chi connectivity index (χ3n) is 3.58. The summed E-state index contributed by atoms with van der Waals surface area (Å²) >= 11 is 12.0. The lowest BCUT2D eigenvalue weighted by atomic mass is 9.98. The van der Waals surface area contributed by atoms with Gasteiger partial charge in [0.15, 0.2) is 5.78 Å². The standard InChI is InChI=1S/C16H13Cl2NO2/c1-9(20)12-6-11-3-5-15(21-16(11)19-8-12)10-2-4-13(17)14(18)7-10/h2,4,6-8,15H,3,5H2,1H3. The smallest absolute Gasteiger partial charge is 0.217 e. The summed E-state index contributed by atoms with van der Waals surface area (Å²) in [4.78, 5) is 15.6. The predicted octanol–water partition coefficient (Wildman–Crippen LogP) is 4.66. The number of fused-ring (bicyclic) bond motifs is 1. The molecule has 0 N–H and O–H groups in total. The first-order chi connectivity index (χ1) is 10.0. The van der Waals surface area contributed by atoms with Crippen molar-refractivity contribution in [2.45, 2.75) is 25.9 Å². The molecule has 0 radical (unpaired) electrons. The summed E-state index contributed by atoms with van der Waals surface area (Å²) < 4.78 is 5.92. The van der Waals surface area contributed by atoms with E-state index < -0.39 is 0 Å². The van der Waals surface area contributed by atoms with E-state index in [0.29, 0.717) is 21.5 Å². The van der Waals surface area contributed by atoms with Crippen LogP contribution in [0.2, 0.25) is 10.0 Å². The van der Waals surface area contributed by atoms with E-state index in [2.05, 4.69) is 4.98 Å². The lowest BCUT2D eigenvalue weighted by molar-refractivity contribution is 0.101. The van der Waals surface area contributed by atoms with E-state index in [0.717, 1.165) is 24.0 Å². The molecule has 21 heavy (non-hydrogen) atoms. The summed E-state index contributed by atoms with van der Waals surface area (Å²) in [5.74, 6) is 0.597. The number of nitrogens with zero attached hydrogens (tertiary/aromatic N) is 1. The van der Waals surface area contributed by atoms with Crippen molar-refractivity contribution in [1.29, 1.82) is 0 Å². The second-order valence-electron chi connectivity index (χ2n) is 5.06. The van der Waals surface area contributed by atoms with Crippen molar-refractivity contribution in [3.63, 3.8) is 0 Å². The Morgan fingerprint density at radius 3 is 2.81 bits per heavy atom. The van der Waals surface area contributed by atoms with Crippen molar-refractivity contribution < 1.29 is 9.53 Å². The van der Waals surface area contributed by atoms with Crippen LogP contribution in [-0.2, 0) is 6.42 Å². The van der Waals surface area contributed by atoms with Crippen molar-refractivity contribution in [2.24, 2.45) is 0 Å². The van der Waals surface area contributed by atoms with Gasteiger partial charge in [0.1, 0.15) is 6.10 Å². The number of halogens is 2. The zero-order valence-electron chi connectivity index (χ0n) is 11.4. The zero-order valence-corrected chi connectivity index (χ0v) is 12.9. The molecule has 1 aliphatic rings. The highest BCUT2D eigenvalue weighted by Crippen LogP contribution is 2.35. The van der Waals surface area contributed by atoms with Crippen LogP contribution in [-0.4, -0.2) is 10.8 Å². The maximum Gasteiger partial charge on any atom is 0.217 e. The van der Waals surface area contributed by atoms with E-state index in [1.54, 1.807) is 12.3 Å². The molecular weight excluding hydrogens is 309 g/mol. The number of ketones is 1. The zero-order chi connectivity index (χ0) is 15.0. The number of ether oxygens (including phenoxy) is 1. The number of hydrogen-bond acceptors (Lipinski definition) is 3. The molecule has 108 valence electrons. The minimum atomic E-state index is -0.0945. The Hall–Kier alpha value is -1.58. The molecule has 2 aromatic rings. The number of Topliss-reactive ketones (excluding diaryl/α,β-unsaturated/α-hetero) is 1. The van der Waals surface area contributed by atoms with E-state index in [9.17, 15) is 4.79 Å². The average Bonchev–Trinajstić information content (AvgIpc) is 2.49. The van der Waals surface area contributed by atoms with E-state index in [4.69, 9.17) is 27.9 Å². The Bertz CT molecular complexity index is 715. The molecule has 3 nitrogen and oxygen atoms in total. The molecule has 0 saturated carbocycles. The molecule has 1 unspecified atom stereocenters. The number of pyridine rings is 1. The summed E-state index contributed by atoms with van der Waals surface area (Å²) in [6.45, 7) is 1.53. The van der Waals surface area contributed by atoms with Gasteiger partial charge in [0.05, 0.1) is 10.0 Å². The predicted molar refractivity (Wildman–Crippen MR) is 82.4 cm³/mol. The van der Waals surface area contributed by atoms with Crippen LogP contribution in [0.5, 0.6) is 5.88 Å². The minimum Gasteiger partial charge on any atom is -0.469 e. The van der Waals surface area contributed by atoms with E-state index in [1.165, 1.54) is 6.92 Å². The number of benzene rings is 1. The molecule has 1 aliphatic heterocycles. The van der Waals surface area contributed by atoms with Gasteiger partial charge in [0, 0.05) is 17.3 Å². The fourth-order valence-electron chi connectivity index (χ4n) is 2.40. The second kappa shape index (κ2) is 5.66.